The molecule has 0 aromatic heterocycles. The molecule has 37 heavy (non-hydrogen) atoms. The van der Waals surface area contributed by atoms with Crippen LogP contribution >= 0.6 is 23.2 Å². The Morgan fingerprint density at radius 3 is 1.86 bits per heavy atom. The molecule has 1 atom stereocenters. The lowest BCUT2D eigenvalue weighted by Crippen LogP contribution is -2.43. The maximum Gasteiger partial charge on any atom is 0.247 e. The topological polar surface area (TPSA) is 49.4 Å². The highest BCUT2D eigenvalue weighted by Crippen LogP contribution is 2.25. The number of hydrogen-bond donors (Lipinski definition) is 1. The van der Waals surface area contributed by atoms with Gasteiger partial charge in [0.15, 0.2) is 0 Å². The molecular formula is C30H25Cl2FN2O2. The number of rotatable bonds is 9. The Bertz CT molecular complexity index is 1330. The van der Waals surface area contributed by atoms with Gasteiger partial charge in [0.05, 0.1) is 6.42 Å². The van der Waals surface area contributed by atoms with Gasteiger partial charge in [-0.2, -0.15) is 0 Å². The molecule has 0 heterocycles. The quantitative estimate of drug-likeness (QED) is 0.258. The summed E-state index contributed by atoms with van der Waals surface area (Å²) in [4.78, 5) is 28.9. The number of nitrogens with one attached hydrogen (secondary N) is 1. The molecule has 0 aliphatic rings. The number of benzene rings is 4. The van der Waals surface area contributed by atoms with Crippen molar-refractivity contribution in [2.45, 2.75) is 25.6 Å². The lowest BCUT2D eigenvalue weighted by Gasteiger charge is -2.32. The van der Waals surface area contributed by atoms with Gasteiger partial charge < -0.3 is 10.2 Å². The molecule has 2 amide bonds. The minimum Gasteiger partial charge on any atom is -0.350 e. The van der Waals surface area contributed by atoms with E-state index in [1.807, 2.05) is 42.5 Å². The van der Waals surface area contributed by atoms with Crippen molar-refractivity contribution < 1.29 is 14.0 Å². The summed E-state index contributed by atoms with van der Waals surface area (Å²) in [5, 5.41) is 4.14. The summed E-state index contributed by atoms with van der Waals surface area (Å²) in [5.74, 6) is -0.946. The Labute approximate surface area is 225 Å². The first-order valence-electron chi connectivity index (χ1n) is 11.7. The van der Waals surface area contributed by atoms with Gasteiger partial charge in [-0.25, -0.2) is 4.39 Å². The molecular weight excluding hydrogens is 510 g/mol. The third-order valence-corrected chi connectivity index (χ3v) is 6.41. The third kappa shape index (κ3) is 7.42. The Morgan fingerprint density at radius 1 is 0.730 bits per heavy atom. The van der Waals surface area contributed by atoms with Crippen LogP contribution in [0, 0.1) is 5.82 Å². The zero-order valence-corrected chi connectivity index (χ0v) is 21.4. The number of amides is 2. The highest BCUT2D eigenvalue weighted by molar-refractivity contribution is 6.30. The molecule has 0 unspecified atom stereocenters. The molecule has 0 saturated carbocycles. The highest BCUT2D eigenvalue weighted by Gasteiger charge is 2.31. The standard InChI is InChI=1S/C30H25Cl2FN2O2/c31-25-12-6-21(7-13-25)18-28(36)35(20-23-10-16-27(33)17-11-23)29(24-4-2-1-3-5-24)30(37)34-19-22-8-14-26(32)15-9-22/h1-17,29H,18-20H2,(H,34,37)/t29-/m1/s1. The van der Waals surface area contributed by atoms with Gasteiger partial charge in [0, 0.05) is 23.1 Å². The van der Waals surface area contributed by atoms with Crippen LogP contribution in [0.5, 0.6) is 0 Å². The van der Waals surface area contributed by atoms with Gasteiger partial charge in [0.25, 0.3) is 0 Å². The van der Waals surface area contributed by atoms with Crippen LogP contribution in [0.3, 0.4) is 0 Å². The molecule has 4 nitrogen and oxygen atoms in total. The summed E-state index contributed by atoms with van der Waals surface area (Å²) in [6.45, 7) is 0.399. The molecule has 0 spiro atoms. The minimum atomic E-state index is -0.904. The summed E-state index contributed by atoms with van der Waals surface area (Å²) in [6.07, 6.45) is 0.0756. The van der Waals surface area contributed by atoms with Crippen LogP contribution < -0.4 is 5.32 Å². The monoisotopic (exact) mass is 534 g/mol. The zero-order valence-electron chi connectivity index (χ0n) is 19.9. The molecule has 0 radical (unpaired) electrons. The van der Waals surface area contributed by atoms with E-state index in [0.717, 1.165) is 11.1 Å². The Hall–Kier alpha value is -3.67. The Balaban J connectivity index is 1.66. The van der Waals surface area contributed by atoms with Crippen LogP contribution in [0.4, 0.5) is 4.39 Å². The predicted molar refractivity (Wildman–Crippen MR) is 145 cm³/mol. The summed E-state index contributed by atoms with van der Waals surface area (Å²) >= 11 is 12.0. The highest BCUT2D eigenvalue weighted by atomic mass is 35.5. The molecule has 0 saturated heterocycles. The first-order valence-corrected chi connectivity index (χ1v) is 12.5. The largest absolute Gasteiger partial charge is 0.350 e. The van der Waals surface area contributed by atoms with Gasteiger partial charge in [0.1, 0.15) is 11.9 Å². The molecule has 4 rings (SSSR count). The van der Waals surface area contributed by atoms with Gasteiger partial charge in [0.2, 0.25) is 11.8 Å². The number of halogens is 3. The smallest absolute Gasteiger partial charge is 0.247 e. The minimum absolute atomic E-state index is 0.0756. The van der Waals surface area contributed by atoms with Gasteiger partial charge in [-0.05, 0) is 58.7 Å². The molecule has 188 valence electrons. The van der Waals surface area contributed by atoms with Crippen LogP contribution in [-0.4, -0.2) is 16.7 Å². The van der Waals surface area contributed by atoms with Crippen LogP contribution in [-0.2, 0) is 29.1 Å². The second-order valence-electron chi connectivity index (χ2n) is 8.61. The van der Waals surface area contributed by atoms with Crippen molar-refractivity contribution >= 4 is 35.0 Å². The van der Waals surface area contributed by atoms with Crippen molar-refractivity contribution in [1.29, 1.82) is 0 Å². The Morgan fingerprint density at radius 2 is 1.27 bits per heavy atom. The van der Waals surface area contributed by atoms with Crippen LogP contribution in [0.1, 0.15) is 28.3 Å². The zero-order chi connectivity index (χ0) is 26.2. The van der Waals surface area contributed by atoms with Gasteiger partial charge in [-0.15, -0.1) is 0 Å². The van der Waals surface area contributed by atoms with Crippen molar-refractivity contribution in [3.05, 3.63) is 141 Å². The van der Waals surface area contributed by atoms with Gasteiger partial charge in [-0.3, -0.25) is 9.59 Å². The van der Waals surface area contributed by atoms with E-state index in [-0.39, 0.29) is 37.1 Å². The fourth-order valence-electron chi connectivity index (χ4n) is 3.98. The summed E-state index contributed by atoms with van der Waals surface area (Å²) in [5.41, 5.74) is 3.02. The number of hydrogen-bond acceptors (Lipinski definition) is 2. The van der Waals surface area contributed by atoms with Crippen LogP contribution in [0.15, 0.2) is 103 Å². The molecule has 0 aliphatic carbocycles. The van der Waals surface area contributed by atoms with E-state index in [9.17, 15) is 14.0 Å². The van der Waals surface area contributed by atoms with E-state index < -0.39 is 6.04 Å². The first kappa shape index (κ1) is 26.4. The number of carbonyl (C=O) groups excluding carboxylic acids is 2. The van der Waals surface area contributed by atoms with E-state index in [1.54, 1.807) is 48.5 Å². The second kappa shape index (κ2) is 12.5. The molecule has 4 aromatic rings. The third-order valence-electron chi connectivity index (χ3n) is 5.91. The van der Waals surface area contributed by atoms with E-state index in [1.165, 1.54) is 17.0 Å². The normalized spacial score (nSPS) is 11.5. The van der Waals surface area contributed by atoms with E-state index in [4.69, 9.17) is 23.2 Å². The molecule has 0 bridgehead atoms. The lowest BCUT2D eigenvalue weighted by atomic mass is 10.0. The number of carbonyl (C=O) groups is 2. The number of nitrogens with zero attached hydrogens (tertiary/aromatic N) is 1. The van der Waals surface area contributed by atoms with Crippen molar-refractivity contribution in [1.82, 2.24) is 10.2 Å². The average Bonchev–Trinajstić information content (AvgIpc) is 2.91. The molecule has 0 fully saturated rings. The Kier molecular flexibility index (Phi) is 8.94. The molecule has 7 heteroatoms. The molecule has 1 N–H and O–H groups in total. The lowest BCUT2D eigenvalue weighted by molar-refractivity contribution is -0.141. The first-order chi connectivity index (χ1) is 17.9. The summed E-state index contributed by atoms with van der Waals surface area (Å²) < 4.78 is 13.6. The van der Waals surface area contributed by atoms with Crippen LogP contribution in [0.2, 0.25) is 10.0 Å². The fourth-order valence-corrected chi connectivity index (χ4v) is 4.24. The van der Waals surface area contributed by atoms with E-state index >= 15 is 0 Å². The van der Waals surface area contributed by atoms with E-state index in [2.05, 4.69) is 5.32 Å². The average molecular weight is 535 g/mol. The van der Waals surface area contributed by atoms with Gasteiger partial charge in [-0.1, -0.05) is 89.9 Å². The molecule has 4 aromatic carbocycles. The van der Waals surface area contributed by atoms with E-state index in [0.29, 0.717) is 21.2 Å². The van der Waals surface area contributed by atoms with Crippen molar-refractivity contribution in [3.63, 3.8) is 0 Å². The van der Waals surface area contributed by atoms with Gasteiger partial charge >= 0.3 is 0 Å². The summed E-state index contributed by atoms with van der Waals surface area (Å²) in [7, 11) is 0. The van der Waals surface area contributed by atoms with Crippen LogP contribution in [0.25, 0.3) is 0 Å². The van der Waals surface area contributed by atoms with Crippen molar-refractivity contribution in [2.24, 2.45) is 0 Å². The van der Waals surface area contributed by atoms with Crippen molar-refractivity contribution in [3.8, 4) is 0 Å². The maximum atomic E-state index is 13.7. The molecule has 0 aliphatic heterocycles. The summed E-state index contributed by atoms with van der Waals surface area (Å²) in [6, 6.07) is 28.4. The second-order valence-corrected chi connectivity index (χ2v) is 9.48. The maximum absolute atomic E-state index is 13.7. The SMILES string of the molecule is O=C(NCc1ccc(Cl)cc1)[C@@H](c1ccccc1)N(Cc1ccc(F)cc1)C(=O)Cc1ccc(Cl)cc1. The fraction of sp³-hybridized carbons (Fsp3) is 0.133. The predicted octanol–water partition coefficient (Wildman–Crippen LogP) is 6.76. The van der Waals surface area contributed by atoms with Crippen molar-refractivity contribution in [2.75, 3.05) is 0 Å².